The number of ketones is 1. The van der Waals surface area contributed by atoms with Crippen molar-refractivity contribution in [3.05, 3.63) is 0 Å². The predicted octanol–water partition coefficient (Wildman–Crippen LogP) is 1.70. The quantitative estimate of drug-likeness (QED) is 0.613. The third-order valence-corrected chi connectivity index (χ3v) is 3.55. The van der Waals surface area contributed by atoms with Crippen LogP contribution in [0.4, 0.5) is 0 Å². The van der Waals surface area contributed by atoms with E-state index in [1.165, 1.54) is 6.42 Å². The number of fused-ring (bicyclic) bond motifs is 2. The van der Waals surface area contributed by atoms with Gasteiger partial charge in [-0.05, 0) is 26.7 Å². The maximum absolute atomic E-state index is 11.7. The minimum Gasteiger partial charge on any atom is -0.300 e. The lowest BCUT2D eigenvalue weighted by Gasteiger charge is -2.41. The van der Waals surface area contributed by atoms with Gasteiger partial charge in [-0.25, -0.2) is 0 Å². The van der Waals surface area contributed by atoms with E-state index in [0.29, 0.717) is 23.7 Å². The van der Waals surface area contributed by atoms with E-state index in [4.69, 9.17) is 0 Å². The fourth-order valence-electron chi connectivity index (χ4n) is 2.65. The molecule has 0 amide bonds. The number of nitrogens with zero attached hydrogens (tertiary/aromatic N) is 1. The summed E-state index contributed by atoms with van der Waals surface area (Å²) in [5.41, 5.74) is 0. The second-order valence-electron chi connectivity index (χ2n) is 4.77. The number of hydrogen-bond acceptors (Lipinski definition) is 2. The smallest absolute Gasteiger partial charge is 0.141 e. The second-order valence-corrected chi connectivity index (χ2v) is 4.77. The third-order valence-electron chi connectivity index (χ3n) is 3.55. The molecule has 2 heteroatoms. The van der Waals surface area contributed by atoms with Crippen LogP contribution in [0, 0.1) is 11.8 Å². The lowest BCUT2D eigenvalue weighted by Crippen LogP contribution is -2.51. The lowest BCUT2D eigenvalue weighted by atomic mass is 9.76. The van der Waals surface area contributed by atoms with E-state index in [1.54, 1.807) is 0 Å². The Labute approximate surface area is 80.3 Å². The Morgan fingerprint density at radius 1 is 1.23 bits per heavy atom. The molecule has 2 nitrogen and oxygen atoms in total. The molecule has 1 heterocycles. The summed E-state index contributed by atoms with van der Waals surface area (Å²) in [4.78, 5) is 14.2. The van der Waals surface area contributed by atoms with Crippen molar-refractivity contribution in [3.63, 3.8) is 0 Å². The molecule has 2 unspecified atom stereocenters. The zero-order valence-electron chi connectivity index (χ0n) is 8.62. The van der Waals surface area contributed by atoms with Crippen LogP contribution in [0.1, 0.15) is 33.1 Å². The first-order valence-electron chi connectivity index (χ1n) is 5.46. The first-order valence-corrected chi connectivity index (χ1v) is 5.46. The molecule has 1 aliphatic carbocycles. The molecule has 2 aliphatic rings. The molecule has 2 rings (SSSR count). The molecule has 1 saturated carbocycles. The summed E-state index contributed by atoms with van der Waals surface area (Å²) in [5, 5.41) is 0. The van der Waals surface area contributed by atoms with Crippen LogP contribution in [0.2, 0.25) is 0 Å². The van der Waals surface area contributed by atoms with Crippen LogP contribution in [0.15, 0.2) is 0 Å². The molecule has 0 aromatic carbocycles. The van der Waals surface area contributed by atoms with Crippen LogP contribution in [0.5, 0.6) is 0 Å². The minimum atomic E-state index is 0.370. The number of rotatable bonds is 1. The van der Waals surface area contributed by atoms with Crippen molar-refractivity contribution < 1.29 is 4.79 Å². The van der Waals surface area contributed by atoms with Crippen LogP contribution in [0.25, 0.3) is 0 Å². The van der Waals surface area contributed by atoms with E-state index < -0.39 is 0 Å². The summed E-state index contributed by atoms with van der Waals surface area (Å²) in [5.74, 6) is 1.30. The third kappa shape index (κ3) is 1.64. The average molecular weight is 181 g/mol. The molecule has 0 aromatic rings. The van der Waals surface area contributed by atoms with E-state index in [2.05, 4.69) is 18.7 Å². The van der Waals surface area contributed by atoms with Gasteiger partial charge in [0.05, 0.1) is 0 Å². The highest BCUT2D eigenvalue weighted by atomic mass is 16.1. The Hall–Kier alpha value is -0.370. The molecule has 2 atom stereocenters. The summed E-state index contributed by atoms with van der Waals surface area (Å²) in [6, 6.07) is 0.608. The monoisotopic (exact) mass is 181 g/mol. The van der Waals surface area contributed by atoms with Crippen LogP contribution in [-0.4, -0.2) is 29.8 Å². The molecular formula is C11H19NO. The topological polar surface area (TPSA) is 20.3 Å². The number of carbonyl (C=O) groups excluding carboxylic acids is 1. The van der Waals surface area contributed by atoms with Gasteiger partial charge in [0.25, 0.3) is 0 Å². The Morgan fingerprint density at radius 3 is 2.23 bits per heavy atom. The normalized spacial score (nSPS) is 35.5. The molecule has 0 spiro atoms. The van der Waals surface area contributed by atoms with Crippen LogP contribution in [0.3, 0.4) is 0 Å². The largest absolute Gasteiger partial charge is 0.300 e. The number of hydrogen-bond donors (Lipinski definition) is 0. The van der Waals surface area contributed by atoms with Crippen molar-refractivity contribution in [2.45, 2.75) is 39.2 Å². The first-order chi connectivity index (χ1) is 6.18. The van der Waals surface area contributed by atoms with Crippen molar-refractivity contribution in [1.29, 1.82) is 0 Å². The van der Waals surface area contributed by atoms with Crippen molar-refractivity contribution in [2.75, 3.05) is 13.1 Å². The summed E-state index contributed by atoms with van der Waals surface area (Å²) in [6.07, 6.45) is 3.55. The van der Waals surface area contributed by atoms with Crippen LogP contribution >= 0.6 is 0 Å². The fraction of sp³-hybridized carbons (Fsp3) is 0.909. The minimum absolute atomic E-state index is 0.370. The number of Topliss-reactive ketones (excluding diaryl/α,β-unsaturated/α-hetero) is 1. The van der Waals surface area contributed by atoms with E-state index in [1.807, 2.05) is 0 Å². The number of carbonyl (C=O) groups is 1. The molecule has 74 valence electrons. The fourth-order valence-corrected chi connectivity index (χ4v) is 2.65. The summed E-state index contributed by atoms with van der Waals surface area (Å²) < 4.78 is 0. The van der Waals surface area contributed by atoms with Crippen molar-refractivity contribution in [2.24, 2.45) is 11.8 Å². The Kier molecular flexibility index (Phi) is 2.41. The van der Waals surface area contributed by atoms with Gasteiger partial charge in [0.15, 0.2) is 0 Å². The molecule has 0 aromatic heterocycles. The predicted molar refractivity (Wildman–Crippen MR) is 52.5 cm³/mol. The van der Waals surface area contributed by atoms with Crippen molar-refractivity contribution in [3.8, 4) is 0 Å². The second kappa shape index (κ2) is 3.41. The molecule has 2 bridgehead atoms. The van der Waals surface area contributed by atoms with Gasteiger partial charge >= 0.3 is 0 Å². The van der Waals surface area contributed by atoms with Gasteiger partial charge in [0, 0.05) is 31.0 Å². The van der Waals surface area contributed by atoms with Gasteiger partial charge in [0.1, 0.15) is 5.78 Å². The maximum atomic E-state index is 11.7. The highest BCUT2D eigenvalue weighted by Crippen LogP contribution is 2.32. The maximum Gasteiger partial charge on any atom is 0.141 e. The lowest BCUT2D eigenvalue weighted by molar-refractivity contribution is -0.135. The molecule has 0 radical (unpaired) electrons. The van der Waals surface area contributed by atoms with Gasteiger partial charge in [-0.1, -0.05) is 6.42 Å². The van der Waals surface area contributed by atoms with Crippen LogP contribution in [-0.2, 0) is 4.79 Å². The van der Waals surface area contributed by atoms with Gasteiger partial charge in [-0.15, -0.1) is 0 Å². The Morgan fingerprint density at radius 2 is 1.77 bits per heavy atom. The van der Waals surface area contributed by atoms with E-state index in [-0.39, 0.29) is 0 Å². The first kappa shape index (κ1) is 9.20. The van der Waals surface area contributed by atoms with E-state index in [9.17, 15) is 4.79 Å². The Bertz CT molecular complexity index is 196. The van der Waals surface area contributed by atoms with E-state index >= 15 is 0 Å². The summed E-state index contributed by atoms with van der Waals surface area (Å²) in [7, 11) is 0. The standard InChI is InChI=1S/C11H19NO/c1-8(2)12-6-9-4-3-5-10(7-12)11(9)13/h8-10H,3-7H2,1-2H3. The highest BCUT2D eigenvalue weighted by molar-refractivity contribution is 5.85. The van der Waals surface area contributed by atoms with Crippen molar-refractivity contribution >= 4 is 5.78 Å². The summed E-state index contributed by atoms with van der Waals surface area (Å²) in [6.45, 7) is 6.50. The van der Waals surface area contributed by atoms with Crippen LogP contribution < -0.4 is 0 Å². The zero-order valence-corrected chi connectivity index (χ0v) is 8.62. The molecule has 1 saturated heterocycles. The average Bonchev–Trinajstić information content (AvgIpc) is 2.02. The molecule has 13 heavy (non-hydrogen) atoms. The van der Waals surface area contributed by atoms with Gasteiger partial charge in [0.2, 0.25) is 0 Å². The van der Waals surface area contributed by atoms with Gasteiger partial charge in [-0.2, -0.15) is 0 Å². The SMILES string of the molecule is CC(C)N1CC2CCCC(C1)C2=O. The van der Waals surface area contributed by atoms with Crippen molar-refractivity contribution in [1.82, 2.24) is 4.90 Å². The van der Waals surface area contributed by atoms with Gasteiger partial charge < -0.3 is 0 Å². The molecule has 0 N–H and O–H groups in total. The molecular weight excluding hydrogens is 162 g/mol. The molecule has 1 aliphatic heterocycles. The highest BCUT2D eigenvalue weighted by Gasteiger charge is 2.38. The summed E-state index contributed by atoms with van der Waals surface area (Å²) >= 11 is 0. The Balaban J connectivity index is 2.07. The molecule has 2 fully saturated rings. The number of likely N-dealkylation sites (tertiary alicyclic amines) is 1. The van der Waals surface area contributed by atoms with Gasteiger partial charge in [-0.3, -0.25) is 9.69 Å². The zero-order chi connectivity index (χ0) is 9.42. The number of piperidine rings is 1. The van der Waals surface area contributed by atoms with E-state index in [0.717, 1.165) is 25.9 Å².